The molecule has 5 nitrogen and oxygen atoms in total. The standard InChI is InChI=1S/C18H15ClN2O3/c1-20-17(22)14-15(11-5-3-2-4-6-11)21(24-16(14)18(20)23)13-9-7-12(19)8-10-13/h2-10,14-16H,1H3/t14-,15-,16+/m0/s1. The maximum absolute atomic E-state index is 12.6. The zero-order chi connectivity index (χ0) is 16.8. The summed E-state index contributed by atoms with van der Waals surface area (Å²) in [5.41, 5.74) is 1.68. The fourth-order valence-corrected chi connectivity index (χ4v) is 3.48. The van der Waals surface area contributed by atoms with E-state index in [0.29, 0.717) is 5.02 Å². The number of anilines is 1. The number of likely N-dealkylation sites (tertiary alicyclic amines) is 1. The number of hydroxylamine groups is 1. The number of rotatable bonds is 2. The lowest BCUT2D eigenvalue weighted by atomic mass is 9.90. The molecular formula is C18H15ClN2O3. The van der Waals surface area contributed by atoms with Gasteiger partial charge in [0.05, 0.1) is 11.7 Å². The fraction of sp³-hybridized carbons (Fsp3) is 0.222. The number of likely N-dealkylation sites (N-methyl/N-ethyl adjacent to an activating group) is 1. The molecule has 0 aromatic heterocycles. The highest BCUT2D eigenvalue weighted by atomic mass is 35.5. The molecule has 0 N–H and O–H groups in total. The molecule has 2 aliphatic rings. The second kappa shape index (κ2) is 5.61. The van der Waals surface area contributed by atoms with Crippen molar-refractivity contribution in [3.05, 3.63) is 65.2 Å². The number of imide groups is 1. The number of carbonyl (C=O) groups is 2. The summed E-state index contributed by atoms with van der Waals surface area (Å²) in [6.07, 6.45) is -0.789. The average Bonchev–Trinajstić information content (AvgIpc) is 3.09. The lowest BCUT2D eigenvalue weighted by Gasteiger charge is -2.28. The normalized spacial score (nSPS) is 26.2. The molecule has 4 rings (SSSR count). The van der Waals surface area contributed by atoms with Gasteiger partial charge in [0.25, 0.3) is 5.91 Å². The number of nitrogens with zero attached hydrogens (tertiary/aromatic N) is 2. The van der Waals surface area contributed by atoms with Crippen molar-refractivity contribution in [2.24, 2.45) is 5.92 Å². The monoisotopic (exact) mass is 342 g/mol. The van der Waals surface area contributed by atoms with Crippen LogP contribution in [-0.4, -0.2) is 29.9 Å². The van der Waals surface area contributed by atoms with Gasteiger partial charge in [-0.25, -0.2) is 5.06 Å². The van der Waals surface area contributed by atoms with Crippen LogP contribution in [0.25, 0.3) is 0 Å². The van der Waals surface area contributed by atoms with Crippen molar-refractivity contribution in [1.29, 1.82) is 0 Å². The summed E-state index contributed by atoms with van der Waals surface area (Å²) in [6, 6.07) is 16.4. The maximum atomic E-state index is 12.6. The molecule has 0 spiro atoms. The van der Waals surface area contributed by atoms with Gasteiger partial charge in [-0.2, -0.15) is 0 Å². The van der Waals surface area contributed by atoms with Gasteiger partial charge in [-0.1, -0.05) is 41.9 Å². The van der Waals surface area contributed by atoms with Crippen LogP contribution in [0, 0.1) is 5.92 Å². The molecule has 0 unspecified atom stereocenters. The maximum Gasteiger partial charge on any atom is 0.261 e. The van der Waals surface area contributed by atoms with Crippen LogP contribution >= 0.6 is 11.6 Å². The summed E-state index contributed by atoms with van der Waals surface area (Å²) in [5, 5.41) is 2.27. The third kappa shape index (κ3) is 2.20. The Hall–Kier alpha value is -2.37. The molecule has 2 amide bonds. The molecule has 0 radical (unpaired) electrons. The van der Waals surface area contributed by atoms with Crippen LogP contribution in [0.15, 0.2) is 54.6 Å². The highest BCUT2D eigenvalue weighted by Crippen LogP contribution is 2.46. The lowest BCUT2D eigenvalue weighted by molar-refractivity contribution is -0.141. The molecule has 6 heteroatoms. The van der Waals surface area contributed by atoms with E-state index in [-0.39, 0.29) is 17.9 Å². The minimum absolute atomic E-state index is 0.213. The molecule has 24 heavy (non-hydrogen) atoms. The van der Waals surface area contributed by atoms with Gasteiger partial charge in [0, 0.05) is 12.1 Å². The van der Waals surface area contributed by atoms with E-state index in [9.17, 15) is 9.59 Å². The molecule has 0 aliphatic carbocycles. The van der Waals surface area contributed by atoms with Crippen molar-refractivity contribution in [3.8, 4) is 0 Å². The topological polar surface area (TPSA) is 49.9 Å². The number of hydrogen-bond acceptors (Lipinski definition) is 4. The van der Waals surface area contributed by atoms with Gasteiger partial charge >= 0.3 is 0 Å². The first-order valence-electron chi connectivity index (χ1n) is 7.66. The van der Waals surface area contributed by atoms with E-state index in [2.05, 4.69) is 0 Å². The zero-order valence-corrected chi connectivity index (χ0v) is 13.7. The molecule has 2 heterocycles. The highest BCUT2D eigenvalue weighted by Gasteiger charge is 2.58. The minimum Gasteiger partial charge on any atom is -0.283 e. The van der Waals surface area contributed by atoms with Crippen LogP contribution in [0.2, 0.25) is 5.02 Å². The second-order valence-corrected chi connectivity index (χ2v) is 6.38. The summed E-state index contributed by atoms with van der Waals surface area (Å²) in [4.78, 5) is 32.0. The SMILES string of the molecule is CN1C(=O)[C@@H]2[C@@H](ON(c3ccc(Cl)cc3)[C@H]2c2ccccc2)C1=O. The number of halogens is 1. The molecule has 2 saturated heterocycles. The first kappa shape index (κ1) is 15.2. The van der Waals surface area contributed by atoms with Gasteiger partial charge in [-0.3, -0.25) is 19.3 Å². The first-order chi connectivity index (χ1) is 11.6. The molecule has 3 atom stereocenters. The van der Waals surface area contributed by atoms with E-state index < -0.39 is 12.0 Å². The first-order valence-corrected chi connectivity index (χ1v) is 8.03. The van der Waals surface area contributed by atoms with E-state index in [1.165, 1.54) is 7.05 Å². The van der Waals surface area contributed by atoms with Crippen LogP contribution in [0.3, 0.4) is 0 Å². The smallest absolute Gasteiger partial charge is 0.261 e. The Morgan fingerprint density at radius 3 is 2.29 bits per heavy atom. The summed E-state index contributed by atoms with van der Waals surface area (Å²) in [7, 11) is 1.50. The Morgan fingerprint density at radius 1 is 0.958 bits per heavy atom. The van der Waals surface area contributed by atoms with E-state index >= 15 is 0 Å². The summed E-state index contributed by atoms with van der Waals surface area (Å²) in [6.45, 7) is 0. The third-order valence-corrected chi connectivity index (χ3v) is 4.81. The summed E-state index contributed by atoms with van der Waals surface area (Å²) >= 11 is 5.96. The Morgan fingerprint density at radius 2 is 1.62 bits per heavy atom. The largest absolute Gasteiger partial charge is 0.283 e. The predicted molar refractivity (Wildman–Crippen MR) is 89.3 cm³/mol. The fourth-order valence-electron chi connectivity index (χ4n) is 3.35. The molecule has 2 aromatic rings. The molecule has 2 aliphatic heterocycles. The average molecular weight is 343 g/mol. The second-order valence-electron chi connectivity index (χ2n) is 5.95. The van der Waals surface area contributed by atoms with Crippen molar-refractivity contribution >= 4 is 29.1 Å². The Labute approximate surface area is 144 Å². The van der Waals surface area contributed by atoms with Crippen molar-refractivity contribution in [3.63, 3.8) is 0 Å². The van der Waals surface area contributed by atoms with E-state index in [4.69, 9.17) is 16.4 Å². The van der Waals surface area contributed by atoms with Gasteiger partial charge in [-0.05, 0) is 29.8 Å². The van der Waals surface area contributed by atoms with Gasteiger partial charge in [0.2, 0.25) is 5.91 Å². The zero-order valence-electron chi connectivity index (χ0n) is 12.9. The van der Waals surface area contributed by atoms with E-state index in [0.717, 1.165) is 16.2 Å². The van der Waals surface area contributed by atoms with Crippen molar-refractivity contribution in [2.45, 2.75) is 12.1 Å². The quantitative estimate of drug-likeness (QED) is 0.787. The third-order valence-electron chi connectivity index (χ3n) is 4.56. The molecule has 122 valence electrons. The van der Waals surface area contributed by atoms with Crippen LogP contribution in [0.1, 0.15) is 11.6 Å². The molecule has 2 fully saturated rings. The van der Waals surface area contributed by atoms with Gasteiger partial charge in [-0.15, -0.1) is 0 Å². The number of benzene rings is 2. The minimum atomic E-state index is -0.789. The number of amides is 2. The number of hydrogen-bond donors (Lipinski definition) is 0. The van der Waals surface area contributed by atoms with Crippen molar-refractivity contribution in [2.75, 3.05) is 12.1 Å². The predicted octanol–water partition coefficient (Wildman–Crippen LogP) is 2.82. The van der Waals surface area contributed by atoms with Gasteiger partial charge < -0.3 is 0 Å². The molecular weight excluding hydrogens is 328 g/mol. The number of fused-ring (bicyclic) bond motifs is 1. The van der Waals surface area contributed by atoms with E-state index in [1.807, 2.05) is 42.5 Å². The van der Waals surface area contributed by atoms with Gasteiger partial charge in [0.15, 0.2) is 6.10 Å². The highest BCUT2D eigenvalue weighted by molar-refractivity contribution is 6.30. The van der Waals surface area contributed by atoms with E-state index in [1.54, 1.807) is 17.2 Å². The summed E-state index contributed by atoms with van der Waals surface area (Å²) < 4.78 is 0. The van der Waals surface area contributed by atoms with Crippen molar-refractivity contribution in [1.82, 2.24) is 4.90 Å². The Bertz CT molecular complexity index is 794. The lowest BCUT2D eigenvalue weighted by Crippen LogP contribution is -2.34. The van der Waals surface area contributed by atoms with Crippen LogP contribution < -0.4 is 5.06 Å². The molecule has 2 aromatic carbocycles. The molecule has 0 bridgehead atoms. The van der Waals surface area contributed by atoms with Gasteiger partial charge in [0.1, 0.15) is 5.92 Å². The molecule has 0 saturated carbocycles. The Kier molecular flexibility index (Phi) is 3.55. The Balaban J connectivity index is 1.80. The summed E-state index contributed by atoms with van der Waals surface area (Å²) in [5.74, 6) is -1.07. The van der Waals surface area contributed by atoms with Crippen LogP contribution in [-0.2, 0) is 14.4 Å². The number of carbonyl (C=O) groups excluding carboxylic acids is 2. The van der Waals surface area contributed by atoms with Crippen LogP contribution in [0.5, 0.6) is 0 Å². The van der Waals surface area contributed by atoms with Crippen molar-refractivity contribution < 1.29 is 14.4 Å². The van der Waals surface area contributed by atoms with Crippen LogP contribution in [0.4, 0.5) is 5.69 Å².